The van der Waals surface area contributed by atoms with E-state index in [0.29, 0.717) is 0 Å². The van der Waals surface area contributed by atoms with Crippen LogP contribution < -0.4 is 4.72 Å². The van der Waals surface area contributed by atoms with Crippen molar-refractivity contribution in [3.63, 3.8) is 0 Å². The summed E-state index contributed by atoms with van der Waals surface area (Å²) in [5.74, 6) is 0. The van der Waals surface area contributed by atoms with E-state index in [2.05, 4.69) is 35.3 Å². The Morgan fingerprint density at radius 3 is 3.11 bits per heavy atom. The van der Waals surface area contributed by atoms with Crippen LogP contribution in [0.4, 0.5) is 5.69 Å². The van der Waals surface area contributed by atoms with Gasteiger partial charge in [-0.05, 0) is 30.7 Å². The molecule has 0 unspecified atom stereocenters. The number of benzene rings is 1. The molecule has 0 fully saturated rings. The Morgan fingerprint density at radius 1 is 1.39 bits per heavy atom. The number of carbonyl (C=O) groups excluding carboxylic acids is 1. The molecule has 2 nitrogen and oxygen atoms in total. The maximum atomic E-state index is 12.1. The zero-order chi connectivity index (χ0) is 12.5. The van der Waals surface area contributed by atoms with Crippen molar-refractivity contribution in [1.29, 1.82) is 0 Å². The minimum absolute atomic E-state index is 0.115. The lowest BCUT2D eigenvalue weighted by atomic mass is 9.91. The van der Waals surface area contributed by atoms with Crippen molar-refractivity contribution >= 4 is 40.1 Å². The lowest BCUT2D eigenvalue weighted by Gasteiger charge is -2.15. The normalized spacial score (nSPS) is 17.9. The largest absolute Gasteiger partial charge is 0.321 e. The quantitative estimate of drug-likeness (QED) is 0.617. The van der Waals surface area contributed by atoms with Gasteiger partial charge in [0.2, 0.25) is 5.12 Å². The monoisotopic (exact) mass is 275 g/mol. The molecular weight excluding hydrogens is 262 g/mol. The van der Waals surface area contributed by atoms with Crippen molar-refractivity contribution in [3.05, 3.63) is 41.5 Å². The third-order valence-electron chi connectivity index (χ3n) is 3.21. The second-order valence-electron chi connectivity index (χ2n) is 4.21. The number of fused-ring (bicyclic) bond motifs is 2. The standard InChI is InChI=1S/C14H13NOS2/c1-17-12-8-4-7-10-9-5-2-3-6-11(9)14(16)18-15-13(10)12/h3-4,6-8,15H,2,5H2,1H3. The maximum absolute atomic E-state index is 12.1. The second-order valence-corrected chi connectivity index (χ2v) is 5.83. The molecule has 0 saturated heterocycles. The summed E-state index contributed by atoms with van der Waals surface area (Å²) in [7, 11) is 0. The van der Waals surface area contributed by atoms with E-state index in [4.69, 9.17) is 0 Å². The van der Waals surface area contributed by atoms with E-state index < -0.39 is 0 Å². The lowest BCUT2D eigenvalue weighted by molar-refractivity contribution is -0.107. The first-order valence-corrected chi connectivity index (χ1v) is 7.89. The molecule has 1 N–H and O–H groups in total. The number of rotatable bonds is 1. The van der Waals surface area contributed by atoms with Gasteiger partial charge in [-0.1, -0.05) is 24.3 Å². The first kappa shape index (κ1) is 11.9. The van der Waals surface area contributed by atoms with Gasteiger partial charge in [0, 0.05) is 28.0 Å². The van der Waals surface area contributed by atoms with Crippen LogP contribution in [-0.2, 0) is 4.79 Å². The summed E-state index contributed by atoms with van der Waals surface area (Å²) in [4.78, 5) is 13.3. The van der Waals surface area contributed by atoms with Crippen LogP contribution >= 0.6 is 23.7 Å². The second kappa shape index (κ2) is 4.86. The molecule has 0 radical (unpaired) electrons. The predicted molar refractivity (Wildman–Crippen MR) is 79.7 cm³/mol. The number of para-hydroxylation sites is 1. The average Bonchev–Trinajstić information content (AvgIpc) is 2.57. The van der Waals surface area contributed by atoms with Gasteiger partial charge in [-0.15, -0.1) is 11.8 Å². The SMILES string of the molecule is CSc1cccc2c1NSC(=O)C1=C2CCC=C1. The van der Waals surface area contributed by atoms with Crippen LogP contribution in [0, 0.1) is 0 Å². The Labute approximate surface area is 115 Å². The molecule has 2 aliphatic rings. The molecule has 1 aliphatic carbocycles. The minimum Gasteiger partial charge on any atom is -0.321 e. The van der Waals surface area contributed by atoms with Crippen LogP contribution in [0.15, 0.2) is 40.8 Å². The molecule has 0 saturated carbocycles. The van der Waals surface area contributed by atoms with Gasteiger partial charge in [0.25, 0.3) is 0 Å². The molecule has 1 aromatic rings. The highest BCUT2D eigenvalue weighted by atomic mass is 32.2. The first-order chi connectivity index (χ1) is 8.81. The zero-order valence-electron chi connectivity index (χ0n) is 10.0. The average molecular weight is 275 g/mol. The summed E-state index contributed by atoms with van der Waals surface area (Å²) in [6.45, 7) is 0. The van der Waals surface area contributed by atoms with Crippen LogP contribution in [0.1, 0.15) is 18.4 Å². The Morgan fingerprint density at radius 2 is 2.28 bits per heavy atom. The van der Waals surface area contributed by atoms with Crippen LogP contribution in [-0.4, -0.2) is 11.4 Å². The summed E-state index contributed by atoms with van der Waals surface area (Å²) in [5, 5.41) is 0.115. The third-order valence-corrected chi connectivity index (χ3v) is 4.70. The summed E-state index contributed by atoms with van der Waals surface area (Å²) < 4.78 is 3.22. The van der Waals surface area contributed by atoms with Crippen molar-refractivity contribution in [2.24, 2.45) is 0 Å². The smallest absolute Gasteiger partial charge is 0.239 e. The van der Waals surface area contributed by atoms with Crippen molar-refractivity contribution in [2.75, 3.05) is 11.0 Å². The molecule has 1 aromatic carbocycles. The van der Waals surface area contributed by atoms with Gasteiger partial charge >= 0.3 is 0 Å². The Bertz CT molecular complexity index is 575. The van der Waals surface area contributed by atoms with Crippen LogP contribution in [0.25, 0.3) is 5.57 Å². The van der Waals surface area contributed by atoms with Crippen molar-refractivity contribution in [1.82, 2.24) is 0 Å². The van der Waals surface area contributed by atoms with E-state index in [1.54, 1.807) is 11.8 Å². The molecule has 0 atom stereocenters. The predicted octanol–water partition coefficient (Wildman–Crippen LogP) is 4.11. The Hall–Kier alpha value is -1.13. The number of carbonyl (C=O) groups is 1. The fraction of sp³-hybridized carbons (Fsp3) is 0.214. The van der Waals surface area contributed by atoms with Crippen molar-refractivity contribution in [3.8, 4) is 0 Å². The highest BCUT2D eigenvalue weighted by Gasteiger charge is 2.24. The summed E-state index contributed by atoms with van der Waals surface area (Å²) in [6.07, 6.45) is 8.08. The topological polar surface area (TPSA) is 29.1 Å². The number of allylic oxidation sites excluding steroid dienone is 3. The maximum Gasteiger partial charge on any atom is 0.239 e. The van der Waals surface area contributed by atoms with Crippen LogP contribution in [0.2, 0.25) is 0 Å². The van der Waals surface area contributed by atoms with E-state index in [1.807, 2.05) is 6.08 Å². The van der Waals surface area contributed by atoms with E-state index in [9.17, 15) is 4.79 Å². The molecule has 92 valence electrons. The molecule has 0 aromatic heterocycles. The molecule has 1 aliphatic heterocycles. The van der Waals surface area contributed by atoms with Crippen LogP contribution in [0.5, 0.6) is 0 Å². The molecule has 0 spiro atoms. The molecule has 0 amide bonds. The van der Waals surface area contributed by atoms with Gasteiger partial charge in [0.1, 0.15) is 0 Å². The highest BCUT2D eigenvalue weighted by molar-refractivity contribution is 8.15. The van der Waals surface area contributed by atoms with Gasteiger partial charge in [-0.2, -0.15) is 0 Å². The zero-order valence-corrected chi connectivity index (χ0v) is 11.7. The van der Waals surface area contributed by atoms with Gasteiger partial charge in [-0.3, -0.25) is 4.79 Å². The van der Waals surface area contributed by atoms with Gasteiger partial charge in [0.15, 0.2) is 0 Å². The fourth-order valence-corrected chi connectivity index (χ4v) is 3.71. The highest BCUT2D eigenvalue weighted by Crippen LogP contribution is 2.42. The molecule has 4 heteroatoms. The van der Waals surface area contributed by atoms with E-state index in [1.165, 1.54) is 28.0 Å². The van der Waals surface area contributed by atoms with E-state index in [0.717, 1.165) is 24.1 Å². The first-order valence-electron chi connectivity index (χ1n) is 5.85. The molecule has 18 heavy (non-hydrogen) atoms. The van der Waals surface area contributed by atoms with Crippen molar-refractivity contribution in [2.45, 2.75) is 17.7 Å². The summed E-state index contributed by atoms with van der Waals surface area (Å²) in [6, 6.07) is 6.26. The van der Waals surface area contributed by atoms with Gasteiger partial charge < -0.3 is 4.72 Å². The molecular formula is C14H13NOS2. The fourth-order valence-electron chi connectivity index (χ4n) is 2.35. The van der Waals surface area contributed by atoms with Crippen molar-refractivity contribution < 1.29 is 4.79 Å². The van der Waals surface area contributed by atoms with Crippen LogP contribution in [0.3, 0.4) is 0 Å². The minimum atomic E-state index is 0.115. The van der Waals surface area contributed by atoms with E-state index >= 15 is 0 Å². The Balaban J connectivity index is 2.23. The van der Waals surface area contributed by atoms with E-state index in [-0.39, 0.29) is 5.12 Å². The molecule has 0 bridgehead atoms. The number of nitrogens with one attached hydrogen (secondary N) is 1. The summed E-state index contributed by atoms with van der Waals surface area (Å²) >= 11 is 2.89. The summed E-state index contributed by atoms with van der Waals surface area (Å²) in [5.41, 5.74) is 4.31. The third kappa shape index (κ3) is 1.89. The molecule has 1 heterocycles. The lowest BCUT2D eigenvalue weighted by Crippen LogP contribution is -2.00. The number of anilines is 1. The number of hydrogen-bond acceptors (Lipinski definition) is 4. The Kier molecular flexibility index (Phi) is 3.22. The van der Waals surface area contributed by atoms with Gasteiger partial charge in [0.05, 0.1) is 5.69 Å². The van der Waals surface area contributed by atoms with Gasteiger partial charge in [-0.25, -0.2) is 0 Å². The number of hydrogen-bond donors (Lipinski definition) is 1. The number of thioether (sulfide) groups is 1. The molecule has 3 rings (SSSR count).